The first-order valence-electron chi connectivity index (χ1n) is 12.6. The van der Waals surface area contributed by atoms with Gasteiger partial charge in [-0.05, 0) is 12.1 Å². The van der Waals surface area contributed by atoms with E-state index in [1.54, 1.807) is 30.5 Å². The second-order valence-electron chi connectivity index (χ2n) is 9.03. The third-order valence-electron chi connectivity index (χ3n) is 6.62. The molecule has 38 heavy (non-hydrogen) atoms. The molecule has 0 aliphatic carbocycles. The number of imidazole rings is 1. The fourth-order valence-electron chi connectivity index (χ4n) is 4.64. The largest absolute Gasteiger partial charge is 0.379 e. The molecule has 3 aromatic heterocycles. The van der Waals surface area contributed by atoms with Crippen LogP contribution in [0.3, 0.4) is 0 Å². The Morgan fingerprint density at radius 1 is 0.921 bits per heavy atom. The van der Waals surface area contributed by atoms with E-state index in [1.165, 1.54) is 4.57 Å². The van der Waals surface area contributed by atoms with E-state index in [0.29, 0.717) is 55.4 Å². The topological polar surface area (TPSA) is 122 Å². The van der Waals surface area contributed by atoms with Gasteiger partial charge in [0.2, 0.25) is 17.8 Å². The maximum Gasteiger partial charge on any atom is 0.296 e. The van der Waals surface area contributed by atoms with Crippen LogP contribution in [0.25, 0.3) is 17.0 Å². The SMILES string of the molecule is FC(F)c1nc2ccccc2n1-c1nc(Nc2c[nH]nc2CCN2CCOCC2)nc(N2CCOCC2)n1. The third kappa shape index (κ3) is 5.14. The lowest BCUT2D eigenvalue weighted by Crippen LogP contribution is -2.37. The Bertz CT molecular complexity index is 1380. The van der Waals surface area contributed by atoms with Crippen LogP contribution >= 0.6 is 0 Å². The number of aromatic amines is 1. The Balaban J connectivity index is 1.36. The summed E-state index contributed by atoms with van der Waals surface area (Å²) in [5.74, 6) is 0.234. The molecular formula is C24H28F2N10O2. The number of para-hydroxylation sites is 2. The molecule has 2 aliphatic rings. The number of fused-ring (bicyclic) bond motifs is 1. The molecule has 0 amide bonds. The summed E-state index contributed by atoms with van der Waals surface area (Å²) in [4.78, 5) is 22.2. The zero-order chi connectivity index (χ0) is 25.9. The molecule has 12 nitrogen and oxygen atoms in total. The highest BCUT2D eigenvalue weighted by molar-refractivity contribution is 5.77. The summed E-state index contributed by atoms with van der Waals surface area (Å²) >= 11 is 0. The van der Waals surface area contributed by atoms with Gasteiger partial charge in [-0.15, -0.1) is 0 Å². The number of morpholine rings is 2. The highest BCUT2D eigenvalue weighted by atomic mass is 19.3. The average Bonchev–Trinajstić information content (AvgIpc) is 3.57. The van der Waals surface area contributed by atoms with Crippen LogP contribution in [0.5, 0.6) is 0 Å². The predicted molar refractivity (Wildman–Crippen MR) is 135 cm³/mol. The van der Waals surface area contributed by atoms with E-state index in [4.69, 9.17) is 9.47 Å². The van der Waals surface area contributed by atoms with Crippen molar-refractivity contribution in [1.82, 2.24) is 39.6 Å². The molecule has 0 saturated carbocycles. The van der Waals surface area contributed by atoms with Gasteiger partial charge >= 0.3 is 0 Å². The Morgan fingerprint density at radius 3 is 2.45 bits per heavy atom. The zero-order valence-corrected chi connectivity index (χ0v) is 20.7. The summed E-state index contributed by atoms with van der Waals surface area (Å²) in [5.41, 5.74) is 2.47. The Kier molecular flexibility index (Phi) is 7.07. The van der Waals surface area contributed by atoms with Crippen LogP contribution in [0.4, 0.5) is 26.4 Å². The number of H-pyrrole nitrogens is 1. The van der Waals surface area contributed by atoms with Crippen molar-refractivity contribution >= 4 is 28.6 Å². The van der Waals surface area contributed by atoms with Crippen LogP contribution in [-0.4, -0.2) is 98.8 Å². The normalized spacial score (nSPS) is 17.0. The molecule has 2 N–H and O–H groups in total. The molecule has 0 spiro atoms. The third-order valence-corrected chi connectivity index (χ3v) is 6.62. The molecule has 0 bridgehead atoms. The molecule has 2 aliphatic heterocycles. The molecular weight excluding hydrogens is 498 g/mol. The summed E-state index contributed by atoms with van der Waals surface area (Å²) in [6, 6.07) is 6.93. The number of hydrogen-bond acceptors (Lipinski definition) is 10. The number of rotatable bonds is 8. The number of hydrogen-bond donors (Lipinski definition) is 2. The summed E-state index contributed by atoms with van der Waals surface area (Å²) < 4.78 is 40.4. The molecule has 200 valence electrons. The van der Waals surface area contributed by atoms with Crippen LogP contribution < -0.4 is 10.2 Å². The van der Waals surface area contributed by atoms with Gasteiger partial charge in [-0.2, -0.15) is 20.1 Å². The summed E-state index contributed by atoms with van der Waals surface area (Å²) in [6.45, 7) is 6.26. The lowest BCUT2D eigenvalue weighted by molar-refractivity contribution is 0.0383. The van der Waals surface area contributed by atoms with E-state index in [9.17, 15) is 8.78 Å². The van der Waals surface area contributed by atoms with Crippen molar-refractivity contribution in [1.29, 1.82) is 0 Å². The van der Waals surface area contributed by atoms with Crippen LogP contribution in [0.15, 0.2) is 30.5 Å². The van der Waals surface area contributed by atoms with Gasteiger partial charge in [-0.1, -0.05) is 12.1 Å². The van der Waals surface area contributed by atoms with Gasteiger partial charge in [0, 0.05) is 45.3 Å². The van der Waals surface area contributed by atoms with E-state index < -0.39 is 12.2 Å². The second kappa shape index (κ2) is 10.9. The van der Waals surface area contributed by atoms with Crippen molar-refractivity contribution in [2.24, 2.45) is 0 Å². The van der Waals surface area contributed by atoms with Gasteiger partial charge in [-0.3, -0.25) is 14.6 Å². The minimum absolute atomic E-state index is 0.0614. The fourth-order valence-corrected chi connectivity index (χ4v) is 4.64. The molecule has 14 heteroatoms. The highest BCUT2D eigenvalue weighted by Crippen LogP contribution is 2.28. The average molecular weight is 527 g/mol. The van der Waals surface area contributed by atoms with Gasteiger partial charge in [0.1, 0.15) is 0 Å². The predicted octanol–water partition coefficient (Wildman–Crippen LogP) is 2.33. The molecule has 4 aromatic rings. The first kappa shape index (κ1) is 24.6. The molecule has 0 radical (unpaired) electrons. The Hall–Kier alpha value is -3.75. The minimum atomic E-state index is -2.82. The highest BCUT2D eigenvalue weighted by Gasteiger charge is 2.25. The van der Waals surface area contributed by atoms with Crippen molar-refractivity contribution < 1.29 is 18.3 Å². The standard InChI is InChI=1S/C24H28F2N10O2/c25-20(26)21-28-17-3-1-2-4-19(17)36(21)24-31-22(30-23(32-24)35-9-13-38-14-10-35)29-18-15-27-33-16(18)5-6-34-7-11-37-12-8-34/h1-4,15,20H,5-14H2,(H,27,33)(H,29,30,31,32). The van der Waals surface area contributed by atoms with Crippen LogP contribution in [-0.2, 0) is 15.9 Å². The summed E-state index contributed by atoms with van der Waals surface area (Å²) in [5, 5.41) is 10.5. The number of halogens is 2. The Labute approximate surface area is 217 Å². The van der Waals surface area contributed by atoms with Gasteiger partial charge in [0.15, 0.2) is 5.82 Å². The molecule has 2 saturated heterocycles. The maximum atomic E-state index is 14.1. The second-order valence-corrected chi connectivity index (χ2v) is 9.03. The van der Waals surface area contributed by atoms with Crippen molar-refractivity contribution in [3.8, 4) is 5.95 Å². The van der Waals surface area contributed by atoms with Crippen molar-refractivity contribution in [3.63, 3.8) is 0 Å². The quantitative estimate of drug-likeness (QED) is 0.354. The Morgan fingerprint density at radius 2 is 1.66 bits per heavy atom. The van der Waals surface area contributed by atoms with E-state index in [-0.39, 0.29) is 11.9 Å². The summed E-state index contributed by atoms with van der Waals surface area (Å²) in [7, 11) is 0. The van der Waals surface area contributed by atoms with Crippen LogP contribution in [0.1, 0.15) is 17.9 Å². The molecule has 0 unspecified atom stereocenters. The number of nitrogens with zero attached hydrogens (tertiary/aromatic N) is 8. The van der Waals surface area contributed by atoms with Crippen molar-refractivity contribution in [3.05, 3.63) is 42.0 Å². The van der Waals surface area contributed by atoms with E-state index in [2.05, 4.69) is 40.3 Å². The van der Waals surface area contributed by atoms with E-state index >= 15 is 0 Å². The van der Waals surface area contributed by atoms with Crippen molar-refractivity contribution in [2.45, 2.75) is 12.8 Å². The van der Waals surface area contributed by atoms with Gasteiger partial charge in [0.05, 0.1) is 48.8 Å². The molecule has 5 heterocycles. The fraction of sp³-hybridized carbons (Fsp3) is 0.458. The number of ether oxygens (including phenoxy) is 2. The molecule has 0 atom stereocenters. The first-order valence-corrected chi connectivity index (χ1v) is 12.6. The van der Waals surface area contributed by atoms with Gasteiger partial charge in [-0.25, -0.2) is 13.8 Å². The number of aromatic nitrogens is 7. The van der Waals surface area contributed by atoms with Crippen LogP contribution in [0.2, 0.25) is 0 Å². The number of nitrogens with one attached hydrogen (secondary N) is 2. The number of benzene rings is 1. The van der Waals surface area contributed by atoms with E-state index in [1.807, 2.05) is 4.90 Å². The van der Waals surface area contributed by atoms with Gasteiger partial charge < -0.3 is 19.7 Å². The lowest BCUT2D eigenvalue weighted by atomic mass is 10.2. The lowest BCUT2D eigenvalue weighted by Gasteiger charge is -2.27. The van der Waals surface area contributed by atoms with Crippen LogP contribution in [0, 0.1) is 0 Å². The number of alkyl halides is 2. The first-order chi connectivity index (χ1) is 18.7. The smallest absolute Gasteiger partial charge is 0.296 e. The molecule has 2 fully saturated rings. The van der Waals surface area contributed by atoms with Gasteiger partial charge in [0.25, 0.3) is 6.43 Å². The monoisotopic (exact) mass is 526 g/mol. The van der Waals surface area contributed by atoms with E-state index in [0.717, 1.165) is 38.5 Å². The molecule has 1 aromatic carbocycles. The minimum Gasteiger partial charge on any atom is -0.379 e. The number of anilines is 3. The van der Waals surface area contributed by atoms with Crippen molar-refractivity contribution in [2.75, 3.05) is 69.4 Å². The molecule has 6 rings (SSSR count). The maximum absolute atomic E-state index is 14.1. The zero-order valence-electron chi connectivity index (χ0n) is 20.7. The summed E-state index contributed by atoms with van der Waals surface area (Å²) in [6.07, 6.45) is -0.367.